The van der Waals surface area contributed by atoms with E-state index >= 15 is 0 Å². The second-order valence-electron chi connectivity index (χ2n) is 13.5. The number of amides is 1. The first kappa shape index (κ1) is 36.4. The number of anilines is 2. The van der Waals surface area contributed by atoms with Gasteiger partial charge in [-0.1, -0.05) is 54.6 Å². The lowest BCUT2D eigenvalue weighted by atomic mass is 10.0. The Hall–Kier alpha value is -6.95. The molecule has 0 atom stereocenters. The fourth-order valence-electron chi connectivity index (χ4n) is 6.61. The standard InChI is InChI=1S/C27H26N6O.C17H14N4/c1-32-10-12-33(13-11-32)27(34)23-6-5-21-14-19(2-4-22(21)16-23)8-9-29-26-24-15-20(17-28)3-7-25(24)30-18-31-26;18-11-14-6-7-16-15(10-14)17(21-12-20-16)19-9-8-13-4-2-1-3-5-13/h2-7,14-16,18H,8-13H2,1H3,(H,29,30,31);1-7,10,12H,8-9H2,(H,19,20,21). The highest BCUT2D eigenvalue weighted by Crippen LogP contribution is 2.23. The summed E-state index contributed by atoms with van der Waals surface area (Å²) in [5.74, 6) is 1.61. The van der Waals surface area contributed by atoms with Crippen molar-refractivity contribution < 1.29 is 4.79 Å². The number of rotatable bonds is 9. The second kappa shape index (κ2) is 17.3. The molecule has 1 aliphatic heterocycles. The average Bonchev–Trinajstić information content (AvgIpc) is 3.24. The van der Waals surface area contributed by atoms with Gasteiger partial charge in [0.05, 0.1) is 34.3 Å². The summed E-state index contributed by atoms with van der Waals surface area (Å²) in [5, 5.41) is 28.8. The van der Waals surface area contributed by atoms with Crippen LogP contribution in [-0.2, 0) is 12.8 Å². The minimum atomic E-state index is 0.111. The van der Waals surface area contributed by atoms with E-state index < -0.39 is 0 Å². The molecule has 55 heavy (non-hydrogen) atoms. The number of nitriles is 2. The molecule has 11 nitrogen and oxygen atoms in total. The van der Waals surface area contributed by atoms with Gasteiger partial charge in [-0.05, 0) is 90.3 Å². The molecule has 0 spiro atoms. The highest BCUT2D eigenvalue weighted by molar-refractivity contribution is 5.99. The smallest absolute Gasteiger partial charge is 0.253 e. The molecule has 8 rings (SSSR count). The van der Waals surface area contributed by atoms with Gasteiger partial charge in [0.1, 0.15) is 24.3 Å². The zero-order valence-corrected chi connectivity index (χ0v) is 30.6. The molecule has 11 heteroatoms. The zero-order chi connectivity index (χ0) is 38.0. The molecule has 0 saturated carbocycles. The van der Waals surface area contributed by atoms with Crippen molar-refractivity contribution in [2.24, 2.45) is 0 Å². The van der Waals surface area contributed by atoms with E-state index in [1.54, 1.807) is 18.5 Å². The third kappa shape index (κ3) is 8.99. The number of hydrogen-bond acceptors (Lipinski definition) is 10. The summed E-state index contributed by atoms with van der Waals surface area (Å²) in [6.45, 7) is 4.88. The Balaban J connectivity index is 0.000000190. The van der Waals surface area contributed by atoms with Gasteiger partial charge in [-0.3, -0.25) is 4.79 Å². The van der Waals surface area contributed by atoms with E-state index in [2.05, 4.69) is 85.0 Å². The Morgan fingerprint density at radius 3 is 1.80 bits per heavy atom. The molecule has 1 saturated heterocycles. The fourth-order valence-corrected chi connectivity index (χ4v) is 6.61. The minimum absolute atomic E-state index is 0.111. The minimum Gasteiger partial charge on any atom is -0.369 e. The molecule has 1 amide bonds. The van der Waals surface area contributed by atoms with Crippen LogP contribution < -0.4 is 10.6 Å². The molecular formula is C44H40N10O. The largest absolute Gasteiger partial charge is 0.369 e. The molecule has 0 bridgehead atoms. The molecular weight excluding hydrogens is 685 g/mol. The third-order valence-corrected chi connectivity index (χ3v) is 9.73. The Labute approximate surface area is 319 Å². The molecule has 2 aromatic heterocycles. The number of nitrogens with one attached hydrogen (secondary N) is 2. The molecule has 5 aromatic carbocycles. The van der Waals surface area contributed by atoms with Crippen LogP contribution in [0.3, 0.4) is 0 Å². The average molecular weight is 725 g/mol. The summed E-state index contributed by atoms with van der Waals surface area (Å²) in [6, 6.07) is 37.8. The first-order valence-corrected chi connectivity index (χ1v) is 18.3. The first-order valence-electron chi connectivity index (χ1n) is 18.3. The van der Waals surface area contributed by atoms with Gasteiger partial charge in [0.25, 0.3) is 5.91 Å². The summed E-state index contributed by atoms with van der Waals surface area (Å²) in [6.07, 6.45) is 4.82. The zero-order valence-electron chi connectivity index (χ0n) is 30.6. The van der Waals surface area contributed by atoms with Crippen molar-refractivity contribution in [3.05, 3.63) is 144 Å². The maximum atomic E-state index is 12.9. The number of piperazine rings is 1. The molecule has 3 heterocycles. The van der Waals surface area contributed by atoms with Crippen LogP contribution in [0.15, 0.2) is 116 Å². The molecule has 7 aromatic rings. The van der Waals surface area contributed by atoms with E-state index in [-0.39, 0.29) is 5.91 Å². The number of hydrogen-bond donors (Lipinski definition) is 2. The monoisotopic (exact) mass is 724 g/mol. The van der Waals surface area contributed by atoms with Crippen molar-refractivity contribution >= 4 is 50.1 Å². The second-order valence-corrected chi connectivity index (χ2v) is 13.5. The first-order chi connectivity index (χ1) is 27.0. The van der Waals surface area contributed by atoms with Gasteiger partial charge in [0.15, 0.2) is 0 Å². The van der Waals surface area contributed by atoms with Crippen molar-refractivity contribution in [3.8, 4) is 12.1 Å². The maximum Gasteiger partial charge on any atom is 0.253 e. The van der Waals surface area contributed by atoms with Crippen LogP contribution in [0, 0.1) is 22.7 Å². The lowest BCUT2D eigenvalue weighted by molar-refractivity contribution is 0.0664. The summed E-state index contributed by atoms with van der Waals surface area (Å²) < 4.78 is 0. The van der Waals surface area contributed by atoms with Crippen LogP contribution in [0.4, 0.5) is 11.6 Å². The molecule has 2 N–H and O–H groups in total. The van der Waals surface area contributed by atoms with Gasteiger partial charge in [0.2, 0.25) is 0 Å². The van der Waals surface area contributed by atoms with Crippen molar-refractivity contribution in [1.82, 2.24) is 29.7 Å². The topological polar surface area (TPSA) is 147 Å². The number of benzene rings is 5. The van der Waals surface area contributed by atoms with Crippen LogP contribution in [0.5, 0.6) is 0 Å². The third-order valence-electron chi connectivity index (χ3n) is 9.73. The van der Waals surface area contributed by atoms with E-state index in [1.807, 2.05) is 65.6 Å². The predicted molar refractivity (Wildman–Crippen MR) is 217 cm³/mol. The van der Waals surface area contributed by atoms with Gasteiger partial charge in [-0.25, -0.2) is 19.9 Å². The summed E-state index contributed by atoms with van der Waals surface area (Å²) >= 11 is 0. The van der Waals surface area contributed by atoms with Crippen molar-refractivity contribution in [1.29, 1.82) is 10.5 Å². The number of carbonyl (C=O) groups is 1. The van der Waals surface area contributed by atoms with Crippen molar-refractivity contribution in [2.75, 3.05) is 56.9 Å². The number of fused-ring (bicyclic) bond motifs is 3. The lowest BCUT2D eigenvalue weighted by Gasteiger charge is -2.32. The number of aromatic nitrogens is 4. The van der Waals surface area contributed by atoms with Gasteiger partial charge < -0.3 is 20.4 Å². The SMILES string of the molecule is CN1CCN(C(=O)c2ccc3cc(CCNc4ncnc5ccc(C#N)cc45)ccc3c2)CC1.N#Cc1ccc2ncnc(NCCc3ccccc3)c2c1. The van der Waals surface area contributed by atoms with Gasteiger partial charge >= 0.3 is 0 Å². The van der Waals surface area contributed by atoms with E-state index in [4.69, 9.17) is 5.26 Å². The fraction of sp³-hybridized carbons (Fsp3) is 0.205. The van der Waals surface area contributed by atoms with E-state index in [0.717, 1.165) is 95.3 Å². The lowest BCUT2D eigenvalue weighted by Crippen LogP contribution is -2.47. The van der Waals surface area contributed by atoms with E-state index in [1.165, 1.54) is 17.5 Å². The summed E-state index contributed by atoms with van der Waals surface area (Å²) in [7, 11) is 2.09. The molecule has 0 radical (unpaired) electrons. The van der Waals surface area contributed by atoms with E-state index in [9.17, 15) is 10.1 Å². The highest BCUT2D eigenvalue weighted by atomic mass is 16.2. The van der Waals surface area contributed by atoms with Gasteiger partial charge in [0, 0.05) is 55.6 Å². The quantitative estimate of drug-likeness (QED) is 0.162. The van der Waals surface area contributed by atoms with Gasteiger partial charge in [-0.15, -0.1) is 0 Å². The van der Waals surface area contributed by atoms with Crippen LogP contribution in [0.1, 0.15) is 32.6 Å². The summed E-state index contributed by atoms with van der Waals surface area (Å²) in [4.78, 5) is 34.2. The number of carbonyl (C=O) groups excluding carboxylic acids is 1. The Morgan fingerprint density at radius 1 is 0.636 bits per heavy atom. The molecule has 1 aliphatic rings. The summed E-state index contributed by atoms with van der Waals surface area (Å²) in [5.41, 5.74) is 6.08. The molecule has 1 fully saturated rings. The Morgan fingerprint density at radius 2 is 1.20 bits per heavy atom. The van der Waals surface area contributed by atoms with Crippen LogP contribution >= 0.6 is 0 Å². The van der Waals surface area contributed by atoms with E-state index in [0.29, 0.717) is 17.7 Å². The van der Waals surface area contributed by atoms with Crippen LogP contribution in [0.25, 0.3) is 32.6 Å². The number of likely N-dealkylation sites (N-methyl/N-ethyl adjacent to an activating group) is 1. The van der Waals surface area contributed by atoms with Gasteiger partial charge in [-0.2, -0.15) is 10.5 Å². The molecule has 272 valence electrons. The Kier molecular flexibility index (Phi) is 11.4. The Bertz CT molecular complexity index is 2540. The number of nitrogens with zero attached hydrogens (tertiary/aromatic N) is 8. The predicted octanol–water partition coefficient (Wildman–Crippen LogP) is 6.85. The highest BCUT2D eigenvalue weighted by Gasteiger charge is 2.20. The van der Waals surface area contributed by atoms with Crippen LogP contribution in [-0.4, -0.2) is 82.0 Å². The van der Waals surface area contributed by atoms with Crippen molar-refractivity contribution in [2.45, 2.75) is 12.8 Å². The normalized spacial score (nSPS) is 12.7. The maximum absolute atomic E-state index is 12.9. The molecule has 0 unspecified atom stereocenters. The molecule has 0 aliphatic carbocycles. The van der Waals surface area contributed by atoms with Crippen LogP contribution in [0.2, 0.25) is 0 Å². The van der Waals surface area contributed by atoms with Crippen molar-refractivity contribution in [3.63, 3.8) is 0 Å².